The van der Waals surface area contributed by atoms with Crippen molar-refractivity contribution in [2.24, 2.45) is 0 Å². The summed E-state index contributed by atoms with van der Waals surface area (Å²) in [6.45, 7) is 3.39. The lowest BCUT2D eigenvalue weighted by Gasteiger charge is -2.26. The summed E-state index contributed by atoms with van der Waals surface area (Å²) in [6, 6.07) is 8.01. The molecule has 1 amide bonds. The van der Waals surface area contributed by atoms with Crippen LogP contribution in [0.4, 0.5) is 0 Å². The summed E-state index contributed by atoms with van der Waals surface area (Å²) in [6.07, 6.45) is 3.86. The first kappa shape index (κ1) is 21.4. The second-order valence-corrected chi connectivity index (χ2v) is 5.54. The molecule has 138 valence electrons. The van der Waals surface area contributed by atoms with Crippen LogP contribution in [0.3, 0.4) is 0 Å². The van der Waals surface area contributed by atoms with E-state index in [1.165, 1.54) is 6.33 Å². The van der Waals surface area contributed by atoms with Gasteiger partial charge in [0, 0.05) is 26.1 Å². The fraction of sp³-hybridized carbons (Fsp3) is 0.438. The zero-order valence-corrected chi connectivity index (χ0v) is 15.4. The molecule has 0 spiro atoms. The number of rotatable bonds is 8. The number of carbonyl (C=O) groups excluding carboxylic acids is 1. The molecule has 0 aliphatic carbocycles. The SMILES string of the molecule is Cl.Cl.O=C(CCOC1CNC1)NCc1ccccc1Cn1cncn1. The smallest absolute Gasteiger partial charge is 0.222 e. The monoisotopic (exact) mass is 387 g/mol. The Bertz CT molecular complexity index is 635. The Kier molecular flexibility index (Phi) is 9.44. The van der Waals surface area contributed by atoms with Gasteiger partial charge in [0.05, 0.1) is 19.3 Å². The summed E-state index contributed by atoms with van der Waals surface area (Å²) in [5.74, 6) is 0.00726. The van der Waals surface area contributed by atoms with E-state index in [1.807, 2.05) is 24.3 Å². The van der Waals surface area contributed by atoms with Crippen molar-refractivity contribution in [3.8, 4) is 0 Å². The van der Waals surface area contributed by atoms with Crippen molar-refractivity contribution < 1.29 is 9.53 Å². The molecule has 0 atom stereocenters. The van der Waals surface area contributed by atoms with Crippen LogP contribution in [-0.4, -0.2) is 46.5 Å². The van der Waals surface area contributed by atoms with Crippen molar-refractivity contribution >= 4 is 30.7 Å². The molecule has 1 fully saturated rings. The molecule has 1 aliphatic heterocycles. The van der Waals surface area contributed by atoms with Crippen LogP contribution >= 0.6 is 24.8 Å². The van der Waals surface area contributed by atoms with Gasteiger partial charge in [-0.15, -0.1) is 24.8 Å². The third-order valence-electron chi connectivity index (χ3n) is 3.82. The highest BCUT2D eigenvalue weighted by Gasteiger charge is 2.17. The minimum Gasteiger partial charge on any atom is -0.375 e. The van der Waals surface area contributed by atoms with Crippen LogP contribution < -0.4 is 10.6 Å². The summed E-state index contributed by atoms with van der Waals surface area (Å²) in [5.41, 5.74) is 2.20. The van der Waals surface area contributed by atoms with Crippen LogP contribution in [0.25, 0.3) is 0 Å². The van der Waals surface area contributed by atoms with Gasteiger partial charge < -0.3 is 15.4 Å². The number of nitrogens with zero attached hydrogens (tertiary/aromatic N) is 3. The average molecular weight is 388 g/mol. The number of hydrogen-bond donors (Lipinski definition) is 2. The van der Waals surface area contributed by atoms with Gasteiger partial charge in [-0.3, -0.25) is 4.79 Å². The van der Waals surface area contributed by atoms with Gasteiger partial charge in [0.15, 0.2) is 0 Å². The van der Waals surface area contributed by atoms with Crippen molar-refractivity contribution in [2.45, 2.75) is 25.6 Å². The van der Waals surface area contributed by atoms with Crippen LogP contribution in [0, 0.1) is 0 Å². The Balaban J connectivity index is 0.00000156. The van der Waals surface area contributed by atoms with Gasteiger partial charge in [-0.1, -0.05) is 24.3 Å². The van der Waals surface area contributed by atoms with E-state index < -0.39 is 0 Å². The van der Waals surface area contributed by atoms with Crippen LogP contribution in [0.15, 0.2) is 36.9 Å². The molecule has 9 heteroatoms. The maximum atomic E-state index is 11.9. The summed E-state index contributed by atoms with van der Waals surface area (Å²) >= 11 is 0. The van der Waals surface area contributed by atoms with Gasteiger partial charge in [-0.25, -0.2) is 9.67 Å². The number of halogens is 2. The lowest BCUT2D eigenvalue weighted by molar-refractivity contribution is -0.123. The topological polar surface area (TPSA) is 81.1 Å². The molecule has 0 radical (unpaired) electrons. The van der Waals surface area contributed by atoms with Crippen molar-refractivity contribution in [1.82, 2.24) is 25.4 Å². The summed E-state index contributed by atoms with van der Waals surface area (Å²) in [4.78, 5) is 15.8. The van der Waals surface area contributed by atoms with Gasteiger partial charge in [0.25, 0.3) is 0 Å². The Morgan fingerprint density at radius 1 is 1.28 bits per heavy atom. The third-order valence-corrected chi connectivity index (χ3v) is 3.82. The number of ether oxygens (including phenoxy) is 1. The van der Waals surface area contributed by atoms with Crippen molar-refractivity contribution in [3.05, 3.63) is 48.0 Å². The van der Waals surface area contributed by atoms with E-state index >= 15 is 0 Å². The van der Waals surface area contributed by atoms with E-state index in [2.05, 4.69) is 20.7 Å². The Morgan fingerprint density at radius 3 is 2.68 bits per heavy atom. The third kappa shape index (κ3) is 6.62. The van der Waals surface area contributed by atoms with E-state index in [1.54, 1.807) is 11.0 Å². The summed E-state index contributed by atoms with van der Waals surface area (Å²) in [5, 5.41) is 10.2. The molecule has 0 saturated carbocycles. The van der Waals surface area contributed by atoms with E-state index in [4.69, 9.17) is 4.74 Å². The first-order valence-corrected chi connectivity index (χ1v) is 7.79. The van der Waals surface area contributed by atoms with Gasteiger partial charge in [0.2, 0.25) is 5.91 Å². The van der Waals surface area contributed by atoms with Gasteiger partial charge >= 0.3 is 0 Å². The van der Waals surface area contributed by atoms with E-state index in [-0.39, 0.29) is 36.8 Å². The fourth-order valence-electron chi connectivity index (χ4n) is 2.35. The van der Waals surface area contributed by atoms with Gasteiger partial charge in [-0.05, 0) is 11.1 Å². The van der Waals surface area contributed by atoms with Gasteiger partial charge in [0.1, 0.15) is 12.7 Å². The lowest BCUT2D eigenvalue weighted by Crippen LogP contribution is -2.48. The molecule has 1 aromatic carbocycles. The minimum absolute atomic E-state index is 0. The molecular formula is C16H23Cl2N5O2. The van der Waals surface area contributed by atoms with Crippen molar-refractivity contribution in [2.75, 3.05) is 19.7 Å². The van der Waals surface area contributed by atoms with Crippen LogP contribution in [0.2, 0.25) is 0 Å². The van der Waals surface area contributed by atoms with Crippen molar-refractivity contribution in [1.29, 1.82) is 0 Å². The molecule has 0 unspecified atom stereocenters. The molecule has 0 bridgehead atoms. The molecule has 2 N–H and O–H groups in total. The highest BCUT2D eigenvalue weighted by Crippen LogP contribution is 2.10. The van der Waals surface area contributed by atoms with E-state index in [9.17, 15) is 4.79 Å². The first-order valence-electron chi connectivity index (χ1n) is 7.79. The molecule has 2 heterocycles. The molecule has 3 rings (SSSR count). The Morgan fingerprint density at radius 2 is 2.04 bits per heavy atom. The van der Waals surface area contributed by atoms with Crippen LogP contribution in [-0.2, 0) is 22.6 Å². The maximum absolute atomic E-state index is 11.9. The van der Waals surface area contributed by atoms with E-state index in [0.717, 1.165) is 24.2 Å². The predicted octanol–water partition coefficient (Wildman–Crippen LogP) is 1.16. The van der Waals surface area contributed by atoms with Gasteiger partial charge in [-0.2, -0.15) is 5.10 Å². The molecule has 7 nitrogen and oxygen atoms in total. The standard InChI is InChI=1S/C16H21N5O2.2ClH/c22-16(5-6-23-15-8-17-9-15)19-7-13-3-1-2-4-14(13)10-21-12-18-11-20-21;;/h1-4,11-12,15,17H,5-10H2,(H,19,22);2*1H. The number of hydrogen-bond acceptors (Lipinski definition) is 5. The van der Waals surface area contributed by atoms with Crippen LogP contribution in [0.1, 0.15) is 17.5 Å². The second-order valence-electron chi connectivity index (χ2n) is 5.54. The zero-order valence-electron chi connectivity index (χ0n) is 13.8. The molecule has 2 aromatic rings. The zero-order chi connectivity index (χ0) is 15.9. The number of nitrogens with one attached hydrogen (secondary N) is 2. The first-order chi connectivity index (χ1) is 11.3. The maximum Gasteiger partial charge on any atom is 0.222 e. The normalized spacial score (nSPS) is 13.3. The average Bonchev–Trinajstić information content (AvgIpc) is 3.02. The molecule has 1 aliphatic rings. The lowest BCUT2D eigenvalue weighted by atomic mass is 10.1. The molecule has 25 heavy (non-hydrogen) atoms. The molecular weight excluding hydrogens is 365 g/mol. The Labute approximate surface area is 159 Å². The highest BCUT2D eigenvalue weighted by atomic mass is 35.5. The molecule has 1 aromatic heterocycles. The number of carbonyl (C=O) groups is 1. The highest BCUT2D eigenvalue weighted by molar-refractivity contribution is 5.85. The number of aromatic nitrogens is 3. The second kappa shape index (κ2) is 11.0. The van der Waals surface area contributed by atoms with Crippen LogP contribution in [0.5, 0.6) is 0 Å². The molecule has 1 saturated heterocycles. The quantitative estimate of drug-likeness (QED) is 0.710. The number of benzene rings is 1. The fourth-order valence-corrected chi connectivity index (χ4v) is 2.35. The van der Waals surface area contributed by atoms with E-state index in [0.29, 0.717) is 26.1 Å². The minimum atomic E-state index is 0. The Hall–Kier alpha value is -1.67. The van der Waals surface area contributed by atoms with Crippen molar-refractivity contribution in [3.63, 3.8) is 0 Å². The number of amides is 1. The largest absolute Gasteiger partial charge is 0.375 e. The summed E-state index contributed by atoms with van der Waals surface area (Å²) in [7, 11) is 0. The predicted molar refractivity (Wildman–Crippen MR) is 99.1 cm³/mol. The summed E-state index contributed by atoms with van der Waals surface area (Å²) < 4.78 is 7.32.